The summed E-state index contributed by atoms with van der Waals surface area (Å²) in [5, 5.41) is 9.44. The summed E-state index contributed by atoms with van der Waals surface area (Å²) in [5.41, 5.74) is 0. The molecule has 0 saturated carbocycles. The molecule has 0 aliphatic rings. The first-order valence-corrected chi connectivity index (χ1v) is 5.37. The van der Waals surface area contributed by atoms with Gasteiger partial charge in [-0.1, -0.05) is 0 Å². The lowest BCUT2D eigenvalue weighted by Gasteiger charge is -2.03. The van der Waals surface area contributed by atoms with Crippen LogP contribution in [0.3, 0.4) is 0 Å². The molecule has 0 amide bonds. The van der Waals surface area contributed by atoms with Gasteiger partial charge in [-0.15, -0.1) is 22.9 Å². The van der Waals surface area contributed by atoms with Crippen molar-refractivity contribution in [3.63, 3.8) is 0 Å². The zero-order valence-electron chi connectivity index (χ0n) is 5.76. The van der Waals surface area contributed by atoms with E-state index in [9.17, 15) is 5.11 Å². The largest absolute Gasteiger partial charge is 0.388 e. The average Bonchev–Trinajstić information content (AvgIpc) is 2.36. The highest BCUT2D eigenvalue weighted by atomic mass is 79.9. The van der Waals surface area contributed by atoms with Gasteiger partial charge in [0.05, 0.1) is 9.89 Å². The molecular formula is C7H8BrClOS. The SMILES string of the molecule is OC(CCCl)c1ccc(Br)s1. The Hall–Kier alpha value is 0.430. The van der Waals surface area contributed by atoms with E-state index >= 15 is 0 Å². The van der Waals surface area contributed by atoms with Crippen molar-refractivity contribution in [3.8, 4) is 0 Å². The lowest BCUT2D eigenvalue weighted by atomic mass is 10.2. The van der Waals surface area contributed by atoms with Crippen LogP contribution in [0, 0.1) is 0 Å². The standard InChI is InChI=1S/C7H8BrClOS/c8-7-2-1-6(11-7)5(10)3-4-9/h1-2,5,10H,3-4H2. The summed E-state index contributed by atoms with van der Waals surface area (Å²) < 4.78 is 1.04. The third-order valence-corrected chi connectivity index (χ3v) is 3.25. The predicted molar refractivity (Wildman–Crippen MR) is 52.3 cm³/mol. The predicted octanol–water partition coefficient (Wildman–Crippen LogP) is 3.17. The van der Waals surface area contributed by atoms with E-state index in [1.54, 1.807) is 11.3 Å². The first-order chi connectivity index (χ1) is 5.24. The van der Waals surface area contributed by atoms with E-state index in [1.165, 1.54) is 0 Å². The Morgan fingerprint density at radius 1 is 1.64 bits per heavy atom. The number of rotatable bonds is 3. The fourth-order valence-electron chi connectivity index (χ4n) is 0.753. The third-order valence-electron chi connectivity index (χ3n) is 1.30. The molecule has 0 radical (unpaired) electrons. The lowest BCUT2D eigenvalue weighted by Crippen LogP contribution is -1.93. The highest BCUT2D eigenvalue weighted by Crippen LogP contribution is 2.28. The van der Waals surface area contributed by atoms with E-state index in [4.69, 9.17) is 11.6 Å². The van der Waals surface area contributed by atoms with E-state index in [0.29, 0.717) is 12.3 Å². The van der Waals surface area contributed by atoms with Crippen molar-refractivity contribution < 1.29 is 5.11 Å². The highest BCUT2D eigenvalue weighted by Gasteiger charge is 2.08. The molecule has 0 aliphatic heterocycles. The van der Waals surface area contributed by atoms with Gasteiger partial charge in [0.2, 0.25) is 0 Å². The molecule has 1 N–H and O–H groups in total. The number of aliphatic hydroxyl groups is 1. The van der Waals surface area contributed by atoms with Gasteiger partial charge in [0.25, 0.3) is 0 Å². The summed E-state index contributed by atoms with van der Waals surface area (Å²) in [4.78, 5) is 0.970. The molecule has 0 aliphatic carbocycles. The van der Waals surface area contributed by atoms with Gasteiger partial charge in [0.1, 0.15) is 0 Å². The van der Waals surface area contributed by atoms with E-state index in [1.807, 2.05) is 12.1 Å². The molecule has 0 spiro atoms. The Morgan fingerprint density at radius 2 is 2.36 bits per heavy atom. The zero-order chi connectivity index (χ0) is 8.27. The number of thiophene rings is 1. The van der Waals surface area contributed by atoms with Crippen molar-refractivity contribution in [3.05, 3.63) is 20.8 Å². The van der Waals surface area contributed by atoms with Crippen molar-refractivity contribution in [2.75, 3.05) is 5.88 Å². The van der Waals surface area contributed by atoms with E-state index in [2.05, 4.69) is 15.9 Å². The maximum atomic E-state index is 9.44. The molecule has 0 fully saturated rings. The van der Waals surface area contributed by atoms with Crippen molar-refractivity contribution >= 4 is 38.9 Å². The highest BCUT2D eigenvalue weighted by molar-refractivity contribution is 9.11. The van der Waals surface area contributed by atoms with E-state index < -0.39 is 6.10 Å². The summed E-state index contributed by atoms with van der Waals surface area (Å²) in [6.45, 7) is 0. The van der Waals surface area contributed by atoms with Gasteiger partial charge >= 0.3 is 0 Å². The Kier molecular flexibility index (Phi) is 3.85. The molecule has 1 heterocycles. The Morgan fingerprint density at radius 3 is 2.82 bits per heavy atom. The molecule has 4 heteroatoms. The van der Waals surface area contributed by atoms with Crippen LogP contribution in [0.25, 0.3) is 0 Å². The normalized spacial score (nSPS) is 13.4. The van der Waals surface area contributed by atoms with Crippen molar-refractivity contribution in [2.24, 2.45) is 0 Å². The summed E-state index contributed by atoms with van der Waals surface area (Å²) >= 11 is 10.4. The molecule has 0 aromatic carbocycles. The summed E-state index contributed by atoms with van der Waals surface area (Å²) in [7, 11) is 0. The number of alkyl halides is 1. The zero-order valence-corrected chi connectivity index (χ0v) is 8.92. The van der Waals surface area contributed by atoms with E-state index in [-0.39, 0.29) is 0 Å². The fraction of sp³-hybridized carbons (Fsp3) is 0.429. The van der Waals surface area contributed by atoms with Gasteiger partial charge in [0.15, 0.2) is 0 Å². The molecule has 1 rings (SSSR count). The molecule has 11 heavy (non-hydrogen) atoms. The number of halogens is 2. The maximum absolute atomic E-state index is 9.44. The molecule has 1 atom stereocenters. The fourth-order valence-corrected chi connectivity index (χ4v) is 2.40. The van der Waals surface area contributed by atoms with Crippen molar-refractivity contribution in [1.82, 2.24) is 0 Å². The second-order valence-electron chi connectivity index (χ2n) is 2.14. The minimum absolute atomic E-state index is 0.399. The van der Waals surface area contributed by atoms with Crippen LogP contribution in [0.1, 0.15) is 17.4 Å². The number of hydrogen-bond donors (Lipinski definition) is 1. The smallest absolute Gasteiger partial charge is 0.0893 e. The first kappa shape index (κ1) is 9.52. The molecule has 1 unspecified atom stereocenters. The second-order valence-corrected chi connectivity index (χ2v) is 5.01. The van der Waals surface area contributed by atoms with Gasteiger partial charge in [-0.05, 0) is 34.5 Å². The minimum Gasteiger partial charge on any atom is -0.388 e. The summed E-state index contributed by atoms with van der Waals surface area (Å²) in [5.74, 6) is 0.497. The van der Waals surface area contributed by atoms with Gasteiger partial charge < -0.3 is 5.11 Å². The van der Waals surface area contributed by atoms with Crippen molar-refractivity contribution in [1.29, 1.82) is 0 Å². The van der Waals surface area contributed by atoms with Gasteiger partial charge in [-0.2, -0.15) is 0 Å². The van der Waals surface area contributed by atoms with Crippen LogP contribution >= 0.6 is 38.9 Å². The Balaban J connectivity index is 2.60. The maximum Gasteiger partial charge on any atom is 0.0893 e. The first-order valence-electron chi connectivity index (χ1n) is 3.23. The van der Waals surface area contributed by atoms with Crippen LogP contribution in [0.4, 0.5) is 0 Å². The molecule has 0 bridgehead atoms. The summed E-state index contributed by atoms with van der Waals surface area (Å²) in [6.07, 6.45) is 0.220. The van der Waals surface area contributed by atoms with Crippen LogP contribution in [-0.2, 0) is 0 Å². The van der Waals surface area contributed by atoms with Gasteiger partial charge in [0, 0.05) is 10.8 Å². The molecule has 1 aromatic heterocycles. The van der Waals surface area contributed by atoms with Crippen LogP contribution < -0.4 is 0 Å². The van der Waals surface area contributed by atoms with Crippen LogP contribution in [0.5, 0.6) is 0 Å². The topological polar surface area (TPSA) is 20.2 Å². The number of aliphatic hydroxyl groups excluding tert-OH is 1. The number of hydrogen-bond acceptors (Lipinski definition) is 2. The van der Waals surface area contributed by atoms with Gasteiger partial charge in [-0.25, -0.2) is 0 Å². The van der Waals surface area contributed by atoms with E-state index in [0.717, 1.165) is 8.66 Å². The molecule has 0 saturated heterocycles. The Bertz CT molecular complexity index is 226. The van der Waals surface area contributed by atoms with Crippen molar-refractivity contribution in [2.45, 2.75) is 12.5 Å². The molecule has 1 nitrogen and oxygen atoms in total. The molecular weight excluding hydrogens is 248 g/mol. The van der Waals surface area contributed by atoms with Crippen LogP contribution in [0.15, 0.2) is 15.9 Å². The Labute approximate surface area is 83.1 Å². The average molecular weight is 256 g/mol. The quantitative estimate of drug-likeness (QED) is 0.823. The third kappa shape index (κ3) is 2.75. The minimum atomic E-state index is -0.399. The van der Waals surface area contributed by atoms with Crippen LogP contribution in [0.2, 0.25) is 0 Å². The lowest BCUT2D eigenvalue weighted by molar-refractivity contribution is 0.178. The second kappa shape index (κ2) is 4.45. The van der Waals surface area contributed by atoms with Crippen LogP contribution in [-0.4, -0.2) is 11.0 Å². The summed E-state index contributed by atoms with van der Waals surface area (Å²) in [6, 6.07) is 3.84. The molecule has 62 valence electrons. The monoisotopic (exact) mass is 254 g/mol. The molecule has 1 aromatic rings. The van der Waals surface area contributed by atoms with Gasteiger partial charge in [-0.3, -0.25) is 0 Å².